The van der Waals surface area contributed by atoms with E-state index in [1.807, 2.05) is 13.8 Å². The molecule has 0 saturated carbocycles. The van der Waals surface area contributed by atoms with Crippen molar-refractivity contribution in [1.82, 2.24) is 30.5 Å². The lowest BCUT2D eigenvalue weighted by molar-refractivity contribution is 0.128. The van der Waals surface area contributed by atoms with E-state index in [4.69, 9.17) is 4.74 Å². The van der Waals surface area contributed by atoms with Gasteiger partial charge in [-0.15, -0.1) is 0 Å². The number of aromatic amines is 2. The highest BCUT2D eigenvalue weighted by Crippen LogP contribution is 2.23. The SMILES string of the molecule is CCOCc1nc2c(c(NC(C)c3n[nH]c(=O)[nH]3)n1)CCNCC2. The number of anilines is 1. The van der Waals surface area contributed by atoms with Crippen LogP contribution in [0.3, 0.4) is 0 Å². The number of rotatable bonds is 6. The van der Waals surface area contributed by atoms with Crippen molar-refractivity contribution in [3.63, 3.8) is 0 Å². The van der Waals surface area contributed by atoms with Crippen molar-refractivity contribution in [1.29, 1.82) is 0 Å². The lowest BCUT2D eigenvalue weighted by Gasteiger charge is -2.17. The molecule has 3 rings (SSSR count). The Morgan fingerprint density at radius 1 is 1.29 bits per heavy atom. The molecule has 4 N–H and O–H groups in total. The highest BCUT2D eigenvalue weighted by Gasteiger charge is 2.19. The van der Waals surface area contributed by atoms with E-state index in [1.165, 1.54) is 0 Å². The fourth-order valence-electron chi connectivity index (χ4n) is 2.74. The lowest BCUT2D eigenvalue weighted by Crippen LogP contribution is -2.17. The summed E-state index contributed by atoms with van der Waals surface area (Å²) in [5, 5.41) is 13.1. The van der Waals surface area contributed by atoms with Crippen LogP contribution in [0.2, 0.25) is 0 Å². The molecule has 130 valence electrons. The van der Waals surface area contributed by atoms with Crippen LogP contribution in [0.5, 0.6) is 0 Å². The number of hydrogen-bond acceptors (Lipinski definition) is 7. The zero-order valence-electron chi connectivity index (χ0n) is 14.0. The maximum absolute atomic E-state index is 11.2. The maximum Gasteiger partial charge on any atom is 0.340 e. The Bertz CT molecular complexity index is 740. The van der Waals surface area contributed by atoms with Crippen LogP contribution in [0.1, 0.15) is 42.8 Å². The van der Waals surface area contributed by atoms with Crippen LogP contribution in [0.4, 0.5) is 5.82 Å². The molecule has 0 amide bonds. The van der Waals surface area contributed by atoms with Gasteiger partial charge in [0.1, 0.15) is 12.4 Å². The van der Waals surface area contributed by atoms with E-state index in [0.717, 1.165) is 43.0 Å². The molecule has 2 aromatic heterocycles. The van der Waals surface area contributed by atoms with E-state index < -0.39 is 0 Å². The Morgan fingerprint density at radius 3 is 2.88 bits per heavy atom. The maximum atomic E-state index is 11.2. The summed E-state index contributed by atoms with van der Waals surface area (Å²) in [6, 6.07) is -0.181. The van der Waals surface area contributed by atoms with Crippen molar-refractivity contribution in [3.05, 3.63) is 33.4 Å². The van der Waals surface area contributed by atoms with Gasteiger partial charge < -0.3 is 15.4 Å². The van der Waals surface area contributed by atoms with Gasteiger partial charge >= 0.3 is 5.69 Å². The molecule has 0 fully saturated rings. The van der Waals surface area contributed by atoms with Crippen LogP contribution in [0, 0.1) is 0 Å². The standard InChI is InChI=1S/C15H23N7O2/c1-3-24-8-12-18-11-5-7-16-6-4-10(11)14(19-12)17-9(2)13-20-15(23)22-21-13/h9,16H,3-8H2,1-2H3,(H,17,18,19)(H2,20,21,22,23). The fraction of sp³-hybridized carbons (Fsp3) is 0.600. The molecule has 0 saturated heterocycles. The summed E-state index contributed by atoms with van der Waals surface area (Å²) in [5.74, 6) is 2.00. The van der Waals surface area contributed by atoms with Gasteiger partial charge in [0.25, 0.3) is 0 Å². The summed E-state index contributed by atoms with van der Waals surface area (Å²) in [6.07, 6.45) is 1.72. The van der Waals surface area contributed by atoms with Crippen LogP contribution in [-0.4, -0.2) is 44.8 Å². The molecule has 2 aromatic rings. The van der Waals surface area contributed by atoms with Gasteiger partial charge in [0.15, 0.2) is 11.6 Å². The average Bonchev–Trinajstić information content (AvgIpc) is 2.87. The zero-order valence-corrected chi connectivity index (χ0v) is 14.0. The Labute approximate surface area is 139 Å². The Balaban J connectivity index is 1.90. The molecule has 1 atom stereocenters. The zero-order chi connectivity index (χ0) is 16.9. The Kier molecular flexibility index (Phi) is 5.21. The van der Waals surface area contributed by atoms with Crippen molar-refractivity contribution >= 4 is 5.82 Å². The van der Waals surface area contributed by atoms with Crippen molar-refractivity contribution in [2.24, 2.45) is 0 Å². The van der Waals surface area contributed by atoms with Gasteiger partial charge in [-0.25, -0.2) is 19.9 Å². The number of nitrogens with one attached hydrogen (secondary N) is 4. The molecule has 0 aromatic carbocycles. The minimum atomic E-state index is -0.318. The van der Waals surface area contributed by atoms with Crippen molar-refractivity contribution < 1.29 is 4.74 Å². The Morgan fingerprint density at radius 2 is 2.12 bits per heavy atom. The van der Waals surface area contributed by atoms with Gasteiger partial charge in [-0.05, 0) is 26.8 Å². The van der Waals surface area contributed by atoms with Crippen LogP contribution in [0.15, 0.2) is 4.79 Å². The molecule has 9 heteroatoms. The summed E-state index contributed by atoms with van der Waals surface area (Å²) < 4.78 is 5.46. The molecule has 1 aliphatic rings. The van der Waals surface area contributed by atoms with E-state index in [2.05, 4.69) is 35.8 Å². The minimum Gasteiger partial charge on any atom is -0.374 e. The van der Waals surface area contributed by atoms with Crippen LogP contribution < -0.4 is 16.3 Å². The van der Waals surface area contributed by atoms with Crippen molar-refractivity contribution in [3.8, 4) is 0 Å². The second-order valence-corrected chi connectivity index (χ2v) is 5.73. The van der Waals surface area contributed by atoms with Gasteiger partial charge in [-0.2, -0.15) is 5.10 Å². The first-order chi connectivity index (χ1) is 11.7. The molecule has 3 heterocycles. The second kappa shape index (κ2) is 7.54. The molecular formula is C15H23N7O2. The molecule has 1 unspecified atom stereocenters. The van der Waals surface area contributed by atoms with Crippen LogP contribution in [-0.2, 0) is 24.2 Å². The molecule has 0 radical (unpaired) electrons. The van der Waals surface area contributed by atoms with Crippen molar-refractivity contribution in [2.75, 3.05) is 25.0 Å². The third kappa shape index (κ3) is 3.80. The third-order valence-electron chi connectivity index (χ3n) is 3.95. The predicted molar refractivity (Wildman–Crippen MR) is 88.9 cm³/mol. The smallest absolute Gasteiger partial charge is 0.340 e. The summed E-state index contributed by atoms with van der Waals surface area (Å²) in [4.78, 5) is 23.2. The van der Waals surface area contributed by atoms with Gasteiger partial charge in [-0.1, -0.05) is 0 Å². The summed E-state index contributed by atoms with van der Waals surface area (Å²) >= 11 is 0. The fourth-order valence-corrected chi connectivity index (χ4v) is 2.74. The van der Waals surface area contributed by atoms with Gasteiger partial charge in [0.2, 0.25) is 0 Å². The van der Waals surface area contributed by atoms with E-state index in [-0.39, 0.29) is 11.7 Å². The molecule has 1 aliphatic heterocycles. The first kappa shape index (κ1) is 16.6. The topological polar surface area (TPSA) is 121 Å². The molecule has 9 nitrogen and oxygen atoms in total. The lowest BCUT2D eigenvalue weighted by atomic mass is 10.1. The summed E-state index contributed by atoms with van der Waals surface area (Å²) in [5.41, 5.74) is 1.85. The largest absolute Gasteiger partial charge is 0.374 e. The van der Waals surface area contributed by atoms with Gasteiger partial charge in [0, 0.05) is 25.1 Å². The minimum absolute atomic E-state index is 0.181. The highest BCUT2D eigenvalue weighted by molar-refractivity contribution is 5.48. The number of aromatic nitrogens is 5. The molecule has 24 heavy (non-hydrogen) atoms. The van der Waals surface area contributed by atoms with Gasteiger partial charge in [-0.3, -0.25) is 4.98 Å². The van der Waals surface area contributed by atoms with Crippen LogP contribution >= 0.6 is 0 Å². The van der Waals surface area contributed by atoms with E-state index in [1.54, 1.807) is 0 Å². The summed E-state index contributed by atoms with van der Waals surface area (Å²) in [6.45, 7) is 6.68. The van der Waals surface area contributed by atoms with Crippen molar-refractivity contribution in [2.45, 2.75) is 39.3 Å². The predicted octanol–water partition coefficient (Wildman–Crippen LogP) is 0.286. The van der Waals surface area contributed by atoms with Gasteiger partial charge in [0.05, 0.1) is 11.7 Å². The number of ether oxygens (including phenoxy) is 1. The second-order valence-electron chi connectivity index (χ2n) is 5.73. The average molecular weight is 333 g/mol. The first-order valence-corrected chi connectivity index (χ1v) is 8.25. The number of fused-ring (bicyclic) bond motifs is 1. The highest BCUT2D eigenvalue weighted by atomic mass is 16.5. The van der Waals surface area contributed by atoms with Crippen LogP contribution in [0.25, 0.3) is 0 Å². The first-order valence-electron chi connectivity index (χ1n) is 8.25. The molecule has 0 spiro atoms. The Hall–Kier alpha value is -2.26. The van der Waals surface area contributed by atoms with E-state index >= 15 is 0 Å². The van der Waals surface area contributed by atoms with E-state index in [0.29, 0.717) is 24.9 Å². The third-order valence-corrected chi connectivity index (χ3v) is 3.95. The number of nitrogens with zero attached hydrogens (tertiary/aromatic N) is 3. The summed E-state index contributed by atoms with van der Waals surface area (Å²) in [7, 11) is 0. The molecule has 0 aliphatic carbocycles. The normalized spacial score (nSPS) is 15.6. The number of H-pyrrole nitrogens is 2. The molecule has 0 bridgehead atoms. The number of hydrogen-bond donors (Lipinski definition) is 4. The van der Waals surface area contributed by atoms with E-state index in [9.17, 15) is 4.79 Å². The monoisotopic (exact) mass is 333 g/mol. The quantitative estimate of drug-likeness (QED) is 0.599. The molecular weight excluding hydrogens is 310 g/mol.